The van der Waals surface area contributed by atoms with Gasteiger partial charge in [-0.1, -0.05) is 6.07 Å². The van der Waals surface area contributed by atoms with E-state index >= 15 is 0 Å². The molecule has 1 aliphatic carbocycles. The molecule has 1 aromatic carbocycles. The first-order valence-corrected chi connectivity index (χ1v) is 13.8. The van der Waals surface area contributed by atoms with Crippen molar-refractivity contribution in [3.8, 4) is 27.8 Å². The summed E-state index contributed by atoms with van der Waals surface area (Å²) in [5.74, 6) is 0.887. The van der Waals surface area contributed by atoms with Crippen LogP contribution in [0.25, 0.3) is 38.9 Å². The summed E-state index contributed by atoms with van der Waals surface area (Å²) in [6, 6.07) is 15.6. The van der Waals surface area contributed by atoms with Crippen LogP contribution < -0.4 is 11.1 Å². The van der Waals surface area contributed by atoms with Gasteiger partial charge in [0.15, 0.2) is 11.5 Å². The third kappa shape index (κ3) is 4.11. The highest BCUT2D eigenvalue weighted by Crippen LogP contribution is 2.36. The van der Waals surface area contributed by atoms with Gasteiger partial charge >= 0.3 is 0 Å². The lowest BCUT2D eigenvalue weighted by atomic mass is 10.1. The number of aryl methyl sites for hydroxylation is 3. The first-order valence-electron chi connectivity index (χ1n) is 12.9. The topological polar surface area (TPSA) is 129 Å². The van der Waals surface area contributed by atoms with Gasteiger partial charge < -0.3 is 11.1 Å². The molecule has 0 bridgehead atoms. The smallest absolute Gasteiger partial charge is 0.272 e. The first kappa shape index (κ1) is 24.2. The maximum atomic E-state index is 12.8. The number of nitrogens with zero attached hydrogens (tertiary/aromatic N) is 7. The number of carbonyl (C=O) groups excluding carboxylic acids is 1. The van der Waals surface area contributed by atoms with E-state index in [0.29, 0.717) is 23.0 Å². The lowest BCUT2D eigenvalue weighted by Crippen LogP contribution is -2.27. The molecule has 10 nitrogen and oxygen atoms in total. The zero-order chi connectivity index (χ0) is 27.4. The third-order valence-electron chi connectivity index (χ3n) is 7.14. The Morgan fingerprint density at radius 3 is 2.80 bits per heavy atom. The lowest BCUT2D eigenvalue weighted by Gasteiger charge is -2.15. The predicted octanol–water partition coefficient (Wildman–Crippen LogP) is 4.65. The summed E-state index contributed by atoms with van der Waals surface area (Å²) in [5.41, 5.74) is 13.8. The zero-order valence-corrected chi connectivity index (χ0v) is 22.7. The molecule has 5 aromatic heterocycles. The van der Waals surface area contributed by atoms with Crippen molar-refractivity contribution in [2.75, 3.05) is 5.73 Å². The van der Waals surface area contributed by atoms with Crippen molar-refractivity contribution in [3.05, 3.63) is 88.8 Å². The minimum Gasteiger partial charge on any atom is -0.383 e. The SMILES string of the molecule is Cc1csc(-c2ccc3nc(-c4cccnc4N)n(-c4ccc5c(c4)CCC5NC(=O)c4ccn(C)n4)c3n2)n1. The molecule has 3 N–H and O–H groups in total. The number of thiazole rings is 1. The largest absolute Gasteiger partial charge is 0.383 e. The number of pyridine rings is 2. The van der Waals surface area contributed by atoms with E-state index in [1.54, 1.807) is 41.5 Å². The Hall–Kier alpha value is -4.90. The van der Waals surface area contributed by atoms with Crippen LogP contribution in [0.15, 0.2) is 66.3 Å². The molecule has 11 heteroatoms. The Balaban J connectivity index is 1.33. The van der Waals surface area contributed by atoms with Gasteiger partial charge in [0.1, 0.15) is 27.7 Å². The molecule has 1 aliphatic rings. The molecule has 0 spiro atoms. The lowest BCUT2D eigenvalue weighted by molar-refractivity contribution is 0.0931. The molecular formula is C29H25N9OS. The summed E-state index contributed by atoms with van der Waals surface area (Å²) in [4.78, 5) is 31.7. The number of amides is 1. The minimum absolute atomic E-state index is 0.0793. The van der Waals surface area contributed by atoms with Crippen LogP contribution in [0.1, 0.15) is 39.8 Å². The normalized spacial score (nSPS) is 14.5. The van der Waals surface area contributed by atoms with E-state index in [1.165, 1.54) is 5.56 Å². The van der Waals surface area contributed by atoms with Crippen molar-refractivity contribution in [1.82, 2.24) is 39.6 Å². The Labute approximate surface area is 233 Å². The summed E-state index contributed by atoms with van der Waals surface area (Å²) >= 11 is 1.57. The van der Waals surface area contributed by atoms with Gasteiger partial charge in [-0.2, -0.15) is 5.10 Å². The number of nitrogens with one attached hydrogen (secondary N) is 1. The van der Waals surface area contributed by atoms with E-state index in [2.05, 4.69) is 32.5 Å². The molecule has 7 rings (SSSR count). The average molecular weight is 548 g/mol. The molecule has 5 heterocycles. The van der Waals surface area contributed by atoms with Crippen LogP contribution in [0.4, 0.5) is 5.82 Å². The van der Waals surface area contributed by atoms with Crippen LogP contribution >= 0.6 is 11.3 Å². The highest BCUT2D eigenvalue weighted by atomic mass is 32.1. The van der Waals surface area contributed by atoms with Gasteiger partial charge in [0.05, 0.1) is 11.6 Å². The second kappa shape index (κ2) is 9.38. The standard InChI is InChI=1S/C29H25N9OS/c1-16-15-40-29(32-16)24-10-9-22-27(34-24)38(26(33-22)20-4-3-12-31-25(20)30)18-6-7-19-17(14-18)5-8-21(19)35-28(39)23-11-13-37(2)36-23/h3-4,6-7,9-15,21H,5,8H2,1-2H3,(H2,30,31)(H,35,39). The van der Waals surface area contributed by atoms with Gasteiger partial charge in [0.25, 0.3) is 5.91 Å². The fourth-order valence-electron chi connectivity index (χ4n) is 5.24. The van der Waals surface area contributed by atoms with Crippen molar-refractivity contribution < 1.29 is 4.79 Å². The van der Waals surface area contributed by atoms with Crippen molar-refractivity contribution in [2.45, 2.75) is 25.8 Å². The molecule has 0 aliphatic heterocycles. The molecule has 198 valence electrons. The predicted molar refractivity (Wildman–Crippen MR) is 154 cm³/mol. The highest BCUT2D eigenvalue weighted by molar-refractivity contribution is 7.13. The molecule has 0 saturated carbocycles. The average Bonchev–Trinajstić information content (AvgIpc) is 3.74. The van der Waals surface area contributed by atoms with Crippen LogP contribution in [0.3, 0.4) is 0 Å². The summed E-state index contributed by atoms with van der Waals surface area (Å²) < 4.78 is 3.66. The molecule has 6 aromatic rings. The van der Waals surface area contributed by atoms with Crippen LogP contribution in [-0.2, 0) is 13.5 Å². The summed E-state index contributed by atoms with van der Waals surface area (Å²) in [6.45, 7) is 1.97. The van der Waals surface area contributed by atoms with Gasteiger partial charge in [-0.3, -0.25) is 14.0 Å². The van der Waals surface area contributed by atoms with Crippen molar-refractivity contribution in [2.24, 2.45) is 7.05 Å². The van der Waals surface area contributed by atoms with E-state index in [0.717, 1.165) is 51.6 Å². The number of anilines is 1. The van der Waals surface area contributed by atoms with Crippen molar-refractivity contribution >= 4 is 34.2 Å². The van der Waals surface area contributed by atoms with Gasteiger partial charge in [-0.25, -0.2) is 19.9 Å². The van der Waals surface area contributed by atoms with E-state index in [1.807, 2.05) is 47.2 Å². The fourth-order valence-corrected chi connectivity index (χ4v) is 6.01. The molecule has 0 radical (unpaired) electrons. The van der Waals surface area contributed by atoms with Gasteiger partial charge in [0, 0.05) is 36.2 Å². The quantitative estimate of drug-likeness (QED) is 0.321. The minimum atomic E-state index is -0.174. The van der Waals surface area contributed by atoms with Gasteiger partial charge in [-0.05, 0) is 73.4 Å². The van der Waals surface area contributed by atoms with Gasteiger partial charge in [0.2, 0.25) is 0 Å². The van der Waals surface area contributed by atoms with E-state index in [4.69, 9.17) is 15.7 Å². The molecule has 0 saturated heterocycles. The Morgan fingerprint density at radius 1 is 1.12 bits per heavy atom. The molecule has 1 amide bonds. The van der Waals surface area contributed by atoms with Gasteiger partial charge in [-0.15, -0.1) is 11.3 Å². The summed E-state index contributed by atoms with van der Waals surface area (Å²) in [5, 5.41) is 10.2. The van der Waals surface area contributed by atoms with Crippen LogP contribution in [-0.4, -0.2) is 40.2 Å². The summed E-state index contributed by atoms with van der Waals surface area (Å²) in [7, 11) is 1.80. The van der Waals surface area contributed by atoms with E-state index in [9.17, 15) is 4.79 Å². The molecule has 0 fully saturated rings. The zero-order valence-electron chi connectivity index (χ0n) is 21.9. The fraction of sp³-hybridized carbons (Fsp3) is 0.172. The number of hydrogen-bond donors (Lipinski definition) is 2. The summed E-state index contributed by atoms with van der Waals surface area (Å²) in [6.07, 6.45) is 5.09. The van der Waals surface area contributed by atoms with Crippen LogP contribution in [0.2, 0.25) is 0 Å². The molecular weight excluding hydrogens is 522 g/mol. The second-order valence-electron chi connectivity index (χ2n) is 9.86. The van der Waals surface area contributed by atoms with Crippen molar-refractivity contribution in [1.29, 1.82) is 0 Å². The highest BCUT2D eigenvalue weighted by Gasteiger charge is 2.27. The van der Waals surface area contributed by atoms with Crippen molar-refractivity contribution in [3.63, 3.8) is 0 Å². The van der Waals surface area contributed by atoms with E-state index < -0.39 is 0 Å². The maximum absolute atomic E-state index is 12.8. The number of carbonyl (C=O) groups is 1. The maximum Gasteiger partial charge on any atom is 0.272 e. The number of fused-ring (bicyclic) bond motifs is 2. The number of hydrogen-bond acceptors (Lipinski definition) is 8. The number of aromatic nitrogens is 7. The first-order chi connectivity index (χ1) is 19.4. The Morgan fingerprint density at radius 2 is 2.02 bits per heavy atom. The molecule has 1 atom stereocenters. The number of imidazole rings is 1. The Bertz CT molecular complexity index is 1920. The van der Waals surface area contributed by atoms with Crippen LogP contribution in [0, 0.1) is 6.92 Å². The monoisotopic (exact) mass is 547 g/mol. The van der Waals surface area contributed by atoms with Crippen LogP contribution in [0.5, 0.6) is 0 Å². The van der Waals surface area contributed by atoms with E-state index in [-0.39, 0.29) is 11.9 Å². The number of nitrogens with two attached hydrogens (primary N) is 1. The molecule has 40 heavy (non-hydrogen) atoms. The third-order valence-corrected chi connectivity index (χ3v) is 8.12. The number of benzene rings is 1. The molecule has 1 unspecified atom stereocenters. The number of nitrogen functional groups attached to an aromatic ring is 1. The second-order valence-corrected chi connectivity index (χ2v) is 10.7. The Kier molecular flexibility index (Phi) is 5.67. The number of rotatable bonds is 5.